The Kier molecular flexibility index (Phi) is 3.26. The molecule has 0 amide bonds. The summed E-state index contributed by atoms with van der Waals surface area (Å²) in [6, 6.07) is 5.67. The van der Waals surface area contributed by atoms with E-state index in [-0.39, 0.29) is 5.57 Å². The van der Waals surface area contributed by atoms with E-state index < -0.39 is 11.8 Å². The molecule has 1 N–H and O–H groups in total. The van der Waals surface area contributed by atoms with Gasteiger partial charge in [0, 0.05) is 17.3 Å². The van der Waals surface area contributed by atoms with Crippen LogP contribution in [0.15, 0.2) is 53.5 Å². The first-order chi connectivity index (χ1) is 9.54. The predicted molar refractivity (Wildman–Crippen MR) is 75.3 cm³/mol. The molecule has 1 aromatic rings. The van der Waals surface area contributed by atoms with Gasteiger partial charge in [0.1, 0.15) is 5.76 Å². The van der Waals surface area contributed by atoms with E-state index in [2.05, 4.69) is 5.32 Å². The fourth-order valence-corrected chi connectivity index (χ4v) is 2.48. The molecule has 1 heterocycles. The molecule has 2 aliphatic rings. The largest absolute Gasteiger partial charge is 0.455 e. The van der Waals surface area contributed by atoms with Crippen LogP contribution < -0.4 is 10.1 Å². The average Bonchev–Trinajstić information content (AvgIpc) is 2.57. The van der Waals surface area contributed by atoms with Gasteiger partial charge in [-0.05, 0) is 30.7 Å². The Balaban J connectivity index is 2.04. The summed E-state index contributed by atoms with van der Waals surface area (Å²) in [7, 11) is 0. The third kappa shape index (κ3) is 2.31. The molecule has 104 valence electrons. The molecule has 1 unspecified atom stereocenters. The van der Waals surface area contributed by atoms with Crippen LogP contribution in [-0.2, 0) is 0 Å². The minimum atomic E-state index is -2.57. The van der Waals surface area contributed by atoms with E-state index in [0.717, 1.165) is 11.3 Å². The molecule has 0 saturated heterocycles. The molecule has 3 rings (SSSR count). The zero-order valence-corrected chi connectivity index (χ0v) is 11.4. The van der Waals surface area contributed by atoms with Gasteiger partial charge in [-0.15, -0.1) is 11.6 Å². The molecular weight excluding hydrogens is 284 g/mol. The van der Waals surface area contributed by atoms with Crippen molar-refractivity contribution in [1.29, 1.82) is 0 Å². The lowest BCUT2D eigenvalue weighted by atomic mass is 10.0. The Bertz CT molecular complexity index is 649. The van der Waals surface area contributed by atoms with Gasteiger partial charge < -0.3 is 10.1 Å². The van der Waals surface area contributed by atoms with Gasteiger partial charge in [0.2, 0.25) is 0 Å². The molecule has 1 aliphatic carbocycles. The number of hydrogen-bond acceptors (Lipinski definition) is 2. The van der Waals surface area contributed by atoms with Crippen molar-refractivity contribution in [3.63, 3.8) is 0 Å². The topological polar surface area (TPSA) is 21.3 Å². The van der Waals surface area contributed by atoms with Crippen LogP contribution in [0.25, 0.3) is 0 Å². The van der Waals surface area contributed by atoms with Crippen molar-refractivity contribution in [3.05, 3.63) is 59.0 Å². The lowest BCUT2D eigenvalue weighted by Gasteiger charge is -2.19. The van der Waals surface area contributed by atoms with Crippen molar-refractivity contribution in [1.82, 2.24) is 0 Å². The zero-order chi connectivity index (χ0) is 14.3. The van der Waals surface area contributed by atoms with Gasteiger partial charge in [0.25, 0.3) is 6.43 Å². The van der Waals surface area contributed by atoms with Crippen molar-refractivity contribution >= 4 is 17.3 Å². The minimum absolute atomic E-state index is 0.117. The van der Waals surface area contributed by atoms with Gasteiger partial charge >= 0.3 is 0 Å². The summed E-state index contributed by atoms with van der Waals surface area (Å²) in [5.41, 5.74) is 2.33. The Morgan fingerprint density at radius 3 is 2.90 bits per heavy atom. The summed E-state index contributed by atoms with van der Waals surface area (Å²) in [6.45, 7) is 1.94. The van der Waals surface area contributed by atoms with Crippen LogP contribution in [0.4, 0.5) is 14.5 Å². The maximum Gasteiger partial charge on any atom is 0.263 e. The van der Waals surface area contributed by atoms with E-state index in [1.165, 1.54) is 12.2 Å². The van der Waals surface area contributed by atoms with Crippen LogP contribution in [0.1, 0.15) is 5.56 Å². The van der Waals surface area contributed by atoms with Gasteiger partial charge in [-0.1, -0.05) is 12.1 Å². The second-order valence-electron chi connectivity index (χ2n) is 4.72. The highest BCUT2D eigenvalue weighted by atomic mass is 35.5. The maximum absolute atomic E-state index is 12.9. The molecule has 1 aliphatic heterocycles. The Hall–Kier alpha value is -1.81. The number of halogens is 3. The highest BCUT2D eigenvalue weighted by molar-refractivity contribution is 6.24. The Labute approximate surface area is 120 Å². The van der Waals surface area contributed by atoms with E-state index in [0.29, 0.717) is 17.1 Å². The zero-order valence-electron chi connectivity index (χ0n) is 10.7. The molecule has 1 aromatic carbocycles. The number of anilines is 1. The first-order valence-corrected chi connectivity index (χ1v) is 6.59. The van der Waals surface area contributed by atoms with Crippen LogP contribution >= 0.6 is 11.6 Å². The van der Waals surface area contributed by atoms with Gasteiger partial charge in [-0.25, -0.2) is 8.78 Å². The predicted octanol–water partition coefficient (Wildman–Crippen LogP) is 4.38. The molecule has 20 heavy (non-hydrogen) atoms. The average molecular weight is 296 g/mol. The molecule has 2 nitrogen and oxygen atoms in total. The van der Waals surface area contributed by atoms with Crippen LogP contribution in [0.2, 0.25) is 0 Å². The Morgan fingerprint density at radius 2 is 2.15 bits per heavy atom. The summed E-state index contributed by atoms with van der Waals surface area (Å²) in [5, 5.41) is 2.46. The number of hydrogen-bond donors (Lipinski definition) is 1. The highest BCUT2D eigenvalue weighted by Gasteiger charge is 2.27. The summed E-state index contributed by atoms with van der Waals surface area (Å²) < 4.78 is 31.5. The van der Waals surface area contributed by atoms with E-state index in [1.807, 2.05) is 25.1 Å². The standard InChI is InChI=1S/C15H12ClF2NO/c1-8-2-3-12-14(4-8)20-13-6-9(15(17)18)5-11(16)10(13)7-19-12/h2-7,11,15,19H,1H3. The molecule has 0 bridgehead atoms. The van der Waals surface area contributed by atoms with Crippen LogP contribution in [0, 0.1) is 6.92 Å². The number of rotatable bonds is 1. The molecule has 0 saturated carbocycles. The van der Waals surface area contributed by atoms with E-state index in [9.17, 15) is 8.78 Å². The summed E-state index contributed by atoms with van der Waals surface area (Å²) in [5.74, 6) is 0.960. The second-order valence-corrected chi connectivity index (χ2v) is 5.19. The molecular formula is C15H12ClF2NO. The molecule has 0 spiro atoms. The van der Waals surface area contributed by atoms with Crippen molar-refractivity contribution in [2.24, 2.45) is 0 Å². The fraction of sp³-hybridized carbons (Fsp3) is 0.200. The molecule has 0 fully saturated rings. The third-order valence-corrected chi connectivity index (χ3v) is 3.57. The van der Waals surface area contributed by atoms with Gasteiger partial charge in [-0.3, -0.25) is 0 Å². The number of allylic oxidation sites excluding steroid dienone is 4. The highest BCUT2D eigenvalue weighted by Crippen LogP contribution is 2.37. The number of fused-ring (bicyclic) bond motifs is 2. The van der Waals surface area contributed by atoms with Gasteiger partial charge in [0.05, 0.1) is 11.1 Å². The molecule has 5 heteroatoms. The van der Waals surface area contributed by atoms with Gasteiger partial charge in [0.15, 0.2) is 5.75 Å². The van der Waals surface area contributed by atoms with Crippen LogP contribution in [0.5, 0.6) is 5.75 Å². The van der Waals surface area contributed by atoms with Crippen LogP contribution in [-0.4, -0.2) is 11.8 Å². The van der Waals surface area contributed by atoms with E-state index in [4.69, 9.17) is 16.3 Å². The Morgan fingerprint density at radius 1 is 1.35 bits per heavy atom. The third-order valence-electron chi connectivity index (χ3n) is 3.21. The number of benzene rings is 1. The SMILES string of the molecule is Cc1ccc2c(c1)OC1=CC(C(F)F)=CC(Cl)C1=CN2. The van der Waals surface area contributed by atoms with Crippen LogP contribution in [0.3, 0.4) is 0 Å². The van der Waals surface area contributed by atoms with E-state index in [1.54, 1.807) is 6.20 Å². The van der Waals surface area contributed by atoms with Crippen molar-refractivity contribution in [2.45, 2.75) is 18.7 Å². The lowest BCUT2D eigenvalue weighted by Crippen LogP contribution is -2.15. The first-order valence-electron chi connectivity index (χ1n) is 6.15. The molecule has 0 aromatic heterocycles. The first kappa shape index (κ1) is 13.2. The van der Waals surface area contributed by atoms with Crippen molar-refractivity contribution in [3.8, 4) is 5.75 Å². The summed E-state index contributed by atoms with van der Waals surface area (Å²) in [6.07, 6.45) is 1.81. The number of alkyl halides is 3. The second kappa shape index (κ2) is 4.94. The number of ether oxygens (including phenoxy) is 1. The maximum atomic E-state index is 12.9. The molecule has 0 radical (unpaired) electrons. The van der Waals surface area contributed by atoms with Crippen molar-refractivity contribution in [2.75, 3.05) is 5.32 Å². The molecule has 1 atom stereocenters. The quantitative estimate of drug-likeness (QED) is 0.776. The summed E-state index contributed by atoms with van der Waals surface area (Å²) >= 11 is 6.14. The normalized spacial score (nSPS) is 20.6. The smallest absolute Gasteiger partial charge is 0.263 e. The number of nitrogens with one attached hydrogen (secondary N) is 1. The lowest BCUT2D eigenvalue weighted by molar-refractivity contribution is 0.192. The summed E-state index contributed by atoms with van der Waals surface area (Å²) in [4.78, 5) is 0. The van der Waals surface area contributed by atoms with E-state index >= 15 is 0 Å². The van der Waals surface area contributed by atoms with Crippen molar-refractivity contribution < 1.29 is 13.5 Å². The number of aryl methyl sites for hydroxylation is 1. The minimum Gasteiger partial charge on any atom is -0.455 e. The van der Waals surface area contributed by atoms with Gasteiger partial charge in [-0.2, -0.15) is 0 Å². The monoisotopic (exact) mass is 295 g/mol. The fourth-order valence-electron chi connectivity index (χ4n) is 2.16.